The fourth-order valence-electron chi connectivity index (χ4n) is 5.72. The summed E-state index contributed by atoms with van der Waals surface area (Å²) in [5.74, 6) is 0. The van der Waals surface area contributed by atoms with E-state index in [9.17, 15) is 0 Å². The fraction of sp³-hybridized carbons (Fsp3) is 0. The summed E-state index contributed by atoms with van der Waals surface area (Å²) in [7, 11) is 0. The Labute approximate surface area is 200 Å². The summed E-state index contributed by atoms with van der Waals surface area (Å²) in [6, 6.07) is 42.1. The number of rotatable bonds is 1. The first-order valence-corrected chi connectivity index (χ1v) is 12.4. The fourth-order valence-corrected chi connectivity index (χ4v) is 6.96. The lowest BCUT2D eigenvalue weighted by Crippen LogP contribution is -1.94. The molecule has 2 heterocycles. The standard InChI is InChI=1S/C32H19NS/c1-3-11-22-20(8-1)10-7-15-26(22)33-27-14-6-5-13-24(27)30-28(33)18-19-29-31(30)25-17-16-21-9-2-4-12-23(21)32(25)34-29/h1-19H. The number of hydrogen-bond acceptors (Lipinski definition) is 1. The molecule has 0 saturated heterocycles. The van der Waals surface area contributed by atoms with Crippen molar-refractivity contribution in [1.82, 2.24) is 4.57 Å². The third kappa shape index (κ3) is 2.33. The number of benzene rings is 6. The number of hydrogen-bond donors (Lipinski definition) is 0. The minimum Gasteiger partial charge on any atom is -0.309 e. The van der Waals surface area contributed by atoms with Crippen LogP contribution in [0.15, 0.2) is 115 Å². The predicted molar refractivity (Wildman–Crippen MR) is 149 cm³/mol. The average Bonchev–Trinajstić information content (AvgIpc) is 3.44. The van der Waals surface area contributed by atoms with Crippen LogP contribution in [0.1, 0.15) is 0 Å². The van der Waals surface area contributed by atoms with Gasteiger partial charge < -0.3 is 4.57 Å². The van der Waals surface area contributed by atoms with Crippen molar-refractivity contribution in [2.24, 2.45) is 0 Å². The molecule has 0 bridgehead atoms. The smallest absolute Gasteiger partial charge is 0.0548 e. The Kier molecular flexibility index (Phi) is 3.60. The second-order valence-corrected chi connectivity index (χ2v) is 10.0. The second-order valence-electron chi connectivity index (χ2n) is 8.95. The second kappa shape index (κ2) is 6.69. The van der Waals surface area contributed by atoms with E-state index in [0.717, 1.165) is 0 Å². The van der Waals surface area contributed by atoms with E-state index in [1.54, 1.807) is 0 Å². The number of fused-ring (bicyclic) bond motifs is 10. The third-order valence-corrected chi connectivity index (χ3v) is 8.37. The van der Waals surface area contributed by atoms with Gasteiger partial charge in [0, 0.05) is 36.3 Å². The molecule has 0 saturated carbocycles. The Morgan fingerprint density at radius 2 is 1.15 bits per heavy atom. The van der Waals surface area contributed by atoms with Gasteiger partial charge in [0.25, 0.3) is 0 Å². The SMILES string of the molecule is c1ccc2c(-n3c4ccccc4c4c5c(ccc43)sc3c4ccccc4ccc35)cccc2c1. The molecule has 6 aromatic carbocycles. The normalized spacial score (nSPS) is 12.1. The van der Waals surface area contributed by atoms with Gasteiger partial charge in [-0.05, 0) is 40.4 Å². The van der Waals surface area contributed by atoms with Gasteiger partial charge in [0.05, 0.1) is 16.7 Å². The van der Waals surface area contributed by atoms with Gasteiger partial charge in [0.1, 0.15) is 0 Å². The molecular formula is C32H19NS. The molecule has 0 N–H and O–H groups in total. The predicted octanol–water partition coefficient (Wildman–Crippen LogP) is 9.46. The quantitative estimate of drug-likeness (QED) is 0.235. The van der Waals surface area contributed by atoms with Crippen molar-refractivity contribution in [2.45, 2.75) is 0 Å². The highest BCUT2D eigenvalue weighted by Gasteiger charge is 2.19. The molecule has 1 nitrogen and oxygen atoms in total. The molecule has 0 atom stereocenters. The van der Waals surface area contributed by atoms with Crippen LogP contribution in [0.2, 0.25) is 0 Å². The Balaban J connectivity index is 1.61. The molecule has 8 aromatic rings. The summed E-state index contributed by atoms with van der Waals surface area (Å²) < 4.78 is 5.18. The lowest BCUT2D eigenvalue weighted by molar-refractivity contribution is 1.20. The van der Waals surface area contributed by atoms with Crippen molar-refractivity contribution in [3.63, 3.8) is 0 Å². The van der Waals surface area contributed by atoms with Crippen LogP contribution >= 0.6 is 11.3 Å². The topological polar surface area (TPSA) is 4.93 Å². The van der Waals surface area contributed by atoms with Gasteiger partial charge in [-0.25, -0.2) is 0 Å². The summed E-state index contributed by atoms with van der Waals surface area (Å²) in [6.07, 6.45) is 0. The van der Waals surface area contributed by atoms with E-state index in [1.807, 2.05) is 11.3 Å². The monoisotopic (exact) mass is 449 g/mol. The lowest BCUT2D eigenvalue weighted by atomic mass is 10.0. The van der Waals surface area contributed by atoms with Crippen molar-refractivity contribution < 1.29 is 0 Å². The van der Waals surface area contributed by atoms with E-state index in [1.165, 1.54) is 69.2 Å². The molecule has 0 aliphatic carbocycles. The van der Waals surface area contributed by atoms with Crippen LogP contribution in [0.4, 0.5) is 0 Å². The number of thiophene rings is 1. The van der Waals surface area contributed by atoms with E-state index < -0.39 is 0 Å². The minimum atomic E-state index is 1.23. The zero-order valence-corrected chi connectivity index (χ0v) is 19.1. The maximum absolute atomic E-state index is 2.46. The molecule has 34 heavy (non-hydrogen) atoms. The number of aromatic nitrogens is 1. The van der Waals surface area contributed by atoms with E-state index in [-0.39, 0.29) is 0 Å². The number of para-hydroxylation sites is 1. The summed E-state index contributed by atoms with van der Waals surface area (Å²) in [6.45, 7) is 0. The van der Waals surface area contributed by atoms with Crippen LogP contribution < -0.4 is 0 Å². The van der Waals surface area contributed by atoms with Crippen LogP contribution in [0.25, 0.3) is 69.2 Å². The Hall–Kier alpha value is -4.14. The van der Waals surface area contributed by atoms with E-state index in [4.69, 9.17) is 0 Å². The van der Waals surface area contributed by atoms with Gasteiger partial charge in [-0.1, -0.05) is 91.0 Å². The molecule has 0 fully saturated rings. The van der Waals surface area contributed by atoms with Crippen LogP contribution in [0, 0.1) is 0 Å². The van der Waals surface area contributed by atoms with Crippen molar-refractivity contribution in [1.29, 1.82) is 0 Å². The first-order valence-electron chi connectivity index (χ1n) is 11.6. The highest BCUT2D eigenvalue weighted by Crippen LogP contribution is 2.45. The molecule has 0 radical (unpaired) electrons. The zero-order chi connectivity index (χ0) is 22.2. The Morgan fingerprint density at radius 3 is 2.03 bits per heavy atom. The summed E-state index contributed by atoms with van der Waals surface area (Å²) >= 11 is 1.91. The van der Waals surface area contributed by atoms with Crippen LogP contribution in [-0.2, 0) is 0 Å². The van der Waals surface area contributed by atoms with E-state index in [2.05, 4.69) is 120 Å². The molecule has 158 valence electrons. The number of nitrogens with zero attached hydrogens (tertiary/aromatic N) is 1. The molecule has 2 aromatic heterocycles. The molecule has 0 spiro atoms. The third-order valence-electron chi connectivity index (χ3n) is 7.17. The van der Waals surface area contributed by atoms with Gasteiger partial charge in [-0.2, -0.15) is 0 Å². The maximum atomic E-state index is 2.46. The Morgan fingerprint density at radius 1 is 0.441 bits per heavy atom. The van der Waals surface area contributed by atoms with Gasteiger partial charge in [-0.15, -0.1) is 11.3 Å². The molecule has 0 aliphatic heterocycles. The largest absolute Gasteiger partial charge is 0.309 e. The molecule has 8 rings (SSSR count). The van der Waals surface area contributed by atoms with Crippen molar-refractivity contribution in [3.05, 3.63) is 115 Å². The van der Waals surface area contributed by atoms with Gasteiger partial charge in [0.2, 0.25) is 0 Å². The summed E-state index contributed by atoms with van der Waals surface area (Å²) in [5, 5.41) is 10.6. The van der Waals surface area contributed by atoms with Crippen molar-refractivity contribution >= 4 is 74.9 Å². The zero-order valence-electron chi connectivity index (χ0n) is 18.3. The minimum absolute atomic E-state index is 1.23. The molecule has 0 unspecified atom stereocenters. The molecular weight excluding hydrogens is 430 g/mol. The summed E-state index contributed by atoms with van der Waals surface area (Å²) in [4.78, 5) is 0. The van der Waals surface area contributed by atoms with Crippen molar-refractivity contribution in [2.75, 3.05) is 0 Å². The van der Waals surface area contributed by atoms with Crippen LogP contribution in [-0.4, -0.2) is 4.57 Å². The summed E-state index contributed by atoms with van der Waals surface area (Å²) in [5.41, 5.74) is 3.74. The molecule has 2 heteroatoms. The first kappa shape index (κ1) is 18.3. The maximum Gasteiger partial charge on any atom is 0.0548 e. The van der Waals surface area contributed by atoms with Crippen molar-refractivity contribution in [3.8, 4) is 5.69 Å². The highest BCUT2D eigenvalue weighted by molar-refractivity contribution is 7.27. The Bertz CT molecular complexity index is 2070. The van der Waals surface area contributed by atoms with E-state index >= 15 is 0 Å². The highest BCUT2D eigenvalue weighted by atomic mass is 32.1. The van der Waals surface area contributed by atoms with Crippen LogP contribution in [0.3, 0.4) is 0 Å². The van der Waals surface area contributed by atoms with Crippen LogP contribution in [0.5, 0.6) is 0 Å². The average molecular weight is 450 g/mol. The van der Waals surface area contributed by atoms with Gasteiger partial charge >= 0.3 is 0 Å². The first-order chi connectivity index (χ1) is 16.9. The lowest BCUT2D eigenvalue weighted by Gasteiger charge is -2.11. The molecule has 0 amide bonds. The molecule has 0 aliphatic rings. The van der Waals surface area contributed by atoms with E-state index in [0.29, 0.717) is 0 Å². The van der Waals surface area contributed by atoms with Gasteiger partial charge in [-0.3, -0.25) is 0 Å². The van der Waals surface area contributed by atoms with Gasteiger partial charge in [0.15, 0.2) is 0 Å².